The second-order valence-corrected chi connectivity index (χ2v) is 17.6. The zero-order valence-electron chi connectivity index (χ0n) is 19.9. The summed E-state index contributed by atoms with van der Waals surface area (Å²) >= 11 is 9.07. The Morgan fingerprint density at radius 2 is 1.47 bits per heavy atom. The van der Waals surface area contributed by atoms with Gasteiger partial charge in [0.1, 0.15) is 9.35 Å². The van der Waals surface area contributed by atoms with E-state index < -0.39 is 26.6 Å². The van der Waals surface area contributed by atoms with Gasteiger partial charge >= 0.3 is 7.12 Å². The van der Waals surface area contributed by atoms with Gasteiger partial charge in [-0.2, -0.15) is 0 Å². The summed E-state index contributed by atoms with van der Waals surface area (Å²) < 4.78 is 16.1. The first-order chi connectivity index (χ1) is 13.7. The summed E-state index contributed by atoms with van der Waals surface area (Å²) in [5, 5.41) is 1.67. The van der Waals surface area contributed by atoms with Crippen LogP contribution in [-0.2, 0) is 9.31 Å². The molecule has 1 fully saturated rings. The normalized spacial score (nSPS) is 19.1. The zero-order chi connectivity index (χ0) is 22.8. The third-order valence-electron chi connectivity index (χ3n) is 7.45. The lowest BCUT2D eigenvalue weighted by atomic mass is 9.77. The van der Waals surface area contributed by atoms with Crippen molar-refractivity contribution < 1.29 is 9.31 Å². The van der Waals surface area contributed by atoms with Crippen LogP contribution in [0.4, 0.5) is 0 Å². The van der Waals surface area contributed by atoms with E-state index in [4.69, 9.17) is 25.9 Å². The highest BCUT2D eigenvalue weighted by molar-refractivity contribution is 14.1. The SMILES string of the molecule is CC(C)[Si](C(C)C)(C(C)C)n1ccc2c(B3OC(C)(C)C(C)(C)O3)c(Cl)c(I)nc21. The van der Waals surface area contributed by atoms with Gasteiger partial charge in [0.25, 0.3) is 0 Å². The second kappa shape index (κ2) is 8.05. The maximum absolute atomic E-state index is 6.82. The van der Waals surface area contributed by atoms with E-state index in [2.05, 4.69) is 108 Å². The monoisotopic (exact) mass is 560 g/mol. The fourth-order valence-electron chi connectivity index (χ4n) is 5.46. The molecule has 1 aliphatic rings. The Kier molecular flexibility index (Phi) is 6.58. The maximum atomic E-state index is 6.82. The summed E-state index contributed by atoms with van der Waals surface area (Å²) in [4.78, 5) is 4.99. The van der Waals surface area contributed by atoms with Gasteiger partial charge in [0.15, 0.2) is 8.24 Å². The summed E-state index contributed by atoms with van der Waals surface area (Å²) in [6, 6.07) is 2.17. The molecule has 0 N–H and O–H groups in total. The van der Waals surface area contributed by atoms with Gasteiger partial charge in [-0.25, -0.2) is 4.98 Å². The lowest BCUT2D eigenvalue weighted by molar-refractivity contribution is 0.00578. The van der Waals surface area contributed by atoms with Crippen LogP contribution in [0.1, 0.15) is 69.2 Å². The van der Waals surface area contributed by atoms with E-state index in [0.29, 0.717) is 21.6 Å². The van der Waals surface area contributed by atoms with Crippen molar-refractivity contribution in [1.82, 2.24) is 9.22 Å². The summed E-state index contributed by atoms with van der Waals surface area (Å²) in [5.41, 5.74) is 2.79. The van der Waals surface area contributed by atoms with Crippen LogP contribution in [0.2, 0.25) is 21.6 Å². The van der Waals surface area contributed by atoms with Crippen molar-refractivity contribution in [2.75, 3.05) is 0 Å². The molecule has 0 saturated carbocycles. The van der Waals surface area contributed by atoms with Gasteiger partial charge in [-0.1, -0.05) is 53.1 Å². The Morgan fingerprint density at radius 1 is 1.00 bits per heavy atom. The minimum atomic E-state index is -1.95. The first-order valence-corrected chi connectivity index (χ1v) is 14.5. The Balaban J connectivity index is 2.30. The fraction of sp³-hybridized carbons (Fsp3) is 0.682. The number of nitrogens with zero attached hydrogens (tertiary/aromatic N) is 2. The molecular formula is C22H35BClIN2O2Si. The van der Waals surface area contributed by atoms with E-state index in [9.17, 15) is 0 Å². The van der Waals surface area contributed by atoms with Crippen LogP contribution in [0.25, 0.3) is 11.0 Å². The first-order valence-electron chi connectivity index (χ1n) is 10.9. The van der Waals surface area contributed by atoms with E-state index in [-0.39, 0.29) is 0 Å². The Bertz CT molecular complexity index is 920. The molecule has 30 heavy (non-hydrogen) atoms. The average Bonchev–Trinajstić information content (AvgIpc) is 3.06. The number of rotatable bonds is 5. The third-order valence-corrected chi connectivity index (χ3v) is 15.7. The topological polar surface area (TPSA) is 36.3 Å². The van der Waals surface area contributed by atoms with Crippen LogP contribution in [0, 0.1) is 3.70 Å². The third kappa shape index (κ3) is 3.51. The van der Waals surface area contributed by atoms with Crippen LogP contribution in [0.15, 0.2) is 12.3 Å². The van der Waals surface area contributed by atoms with Gasteiger partial charge in [0.2, 0.25) is 0 Å². The highest BCUT2D eigenvalue weighted by Crippen LogP contribution is 2.44. The van der Waals surface area contributed by atoms with Crippen molar-refractivity contribution in [2.24, 2.45) is 0 Å². The molecule has 0 aromatic carbocycles. The van der Waals surface area contributed by atoms with E-state index in [1.165, 1.54) is 0 Å². The average molecular weight is 561 g/mol. The smallest absolute Gasteiger partial charge is 0.399 e. The molecule has 0 spiro atoms. The largest absolute Gasteiger partial charge is 0.497 e. The van der Waals surface area contributed by atoms with Crippen LogP contribution >= 0.6 is 34.2 Å². The maximum Gasteiger partial charge on any atom is 0.497 e. The van der Waals surface area contributed by atoms with Gasteiger partial charge in [-0.05, 0) is 79.2 Å². The van der Waals surface area contributed by atoms with Crippen molar-refractivity contribution >= 4 is 66.0 Å². The molecule has 0 radical (unpaired) electrons. The van der Waals surface area contributed by atoms with Crippen LogP contribution < -0.4 is 5.46 Å². The number of aromatic nitrogens is 2. The van der Waals surface area contributed by atoms with E-state index in [0.717, 1.165) is 20.2 Å². The molecule has 4 nitrogen and oxygen atoms in total. The predicted octanol–water partition coefficient (Wildman–Crippen LogP) is 6.62. The summed E-state index contributed by atoms with van der Waals surface area (Å²) in [5.74, 6) is 0. The molecule has 0 bridgehead atoms. The number of hydrogen-bond acceptors (Lipinski definition) is 3. The second-order valence-electron chi connectivity index (χ2n) is 10.5. The first kappa shape index (κ1) is 24.6. The Hall–Kier alpha value is -0.0882. The molecule has 3 heterocycles. The van der Waals surface area contributed by atoms with E-state index >= 15 is 0 Å². The van der Waals surface area contributed by atoms with Gasteiger partial charge < -0.3 is 13.5 Å². The van der Waals surface area contributed by atoms with Crippen molar-refractivity contribution in [3.8, 4) is 0 Å². The predicted molar refractivity (Wildman–Crippen MR) is 140 cm³/mol. The number of pyridine rings is 1. The molecule has 8 heteroatoms. The minimum absolute atomic E-state index is 0.420. The van der Waals surface area contributed by atoms with Crippen LogP contribution in [0.5, 0.6) is 0 Å². The van der Waals surface area contributed by atoms with Crippen molar-refractivity contribution in [2.45, 2.75) is 97.1 Å². The van der Waals surface area contributed by atoms with Crippen molar-refractivity contribution in [1.29, 1.82) is 0 Å². The molecule has 0 amide bonds. The number of fused-ring (bicyclic) bond motifs is 1. The Morgan fingerprint density at radius 3 is 1.90 bits per heavy atom. The summed E-state index contributed by atoms with van der Waals surface area (Å²) in [7, 11) is -2.46. The molecule has 0 atom stereocenters. The van der Waals surface area contributed by atoms with E-state index in [1.807, 2.05) is 0 Å². The highest BCUT2D eigenvalue weighted by Gasteiger charge is 2.53. The summed E-state index contributed by atoms with van der Waals surface area (Å²) in [6.07, 6.45) is 2.24. The molecule has 1 saturated heterocycles. The van der Waals surface area contributed by atoms with Crippen LogP contribution in [-0.4, -0.2) is 35.8 Å². The van der Waals surface area contributed by atoms with Gasteiger partial charge in [0.05, 0.1) is 16.2 Å². The molecule has 0 unspecified atom stereocenters. The molecule has 1 aliphatic heterocycles. The standard InChI is InChI=1S/C22H35BClIN2O2Si/c1-13(2)30(14(3)4,15(5)6)27-12-11-16-17(18(24)19(25)26-20(16)27)23-28-21(7,8)22(9,10)29-23/h11-15H,1-10H3. The summed E-state index contributed by atoms with van der Waals surface area (Å²) in [6.45, 7) is 22.5. The van der Waals surface area contributed by atoms with Crippen LogP contribution in [0.3, 0.4) is 0 Å². The van der Waals surface area contributed by atoms with Gasteiger partial charge in [-0.3, -0.25) is 0 Å². The van der Waals surface area contributed by atoms with Crippen molar-refractivity contribution in [3.05, 3.63) is 21.0 Å². The molecule has 166 valence electrons. The zero-order valence-corrected chi connectivity index (χ0v) is 23.8. The lowest BCUT2D eigenvalue weighted by Gasteiger charge is -2.44. The quantitative estimate of drug-likeness (QED) is 0.234. The lowest BCUT2D eigenvalue weighted by Crippen LogP contribution is -2.51. The minimum Gasteiger partial charge on any atom is -0.399 e. The highest BCUT2D eigenvalue weighted by atomic mass is 127. The number of hydrogen-bond donors (Lipinski definition) is 0. The molecule has 0 aliphatic carbocycles. The molecule has 2 aromatic rings. The molecule has 3 rings (SSSR count). The van der Waals surface area contributed by atoms with Gasteiger partial charge in [0, 0.05) is 10.8 Å². The fourth-order valence-corrected chi connectivity index (χ4v) is 12.7. The van der Waals surface area contributed by atoms with Crippen molar-refractivity contribution in [3.63, 3.8) is 0 Å². The molecular weight excluding hydrogens is 526 g/mol. The molecule has 2 aromatic heterocycles. The van der Waals surface area contributed by atoms with E-state index in [1.54, 1.807) is 0 Å². The number of halogens is 2. The van der Waals surface area contributed by atoms with Gasteiger partial charge in [-0.15, -0.1) is 0 Å². The Labute approximate surface area is 201 Å².